The number of thiazole rings is 1. The number of anilines is 1. The highest BCUT2D eigenvalue weighted by Crippen LogP contribution is 2.34. The van der Waals surface area contributed by atoms with Crippen LogP contribution in [0.3, 0.4) is 0 Å². The monoisotopic (exact) mass is 467 g/mol. The molecular weight excluding hydrogens is 438 g/mol. The number of hydrogen-bond donors (Lipinski definition) is 2. The third-order valence-corrected chi connectivity index (χ3v) is 7.44. The number of benzene rings is 1. The molecule has 0 unspecified atom stereocenters. The highest BCUT2D eigenvalue weighted by atomic mass is 32.1. The molecule has 2 aliphatic heterocycles. The Morgan fingerprint density at radius 3 is 2.97 bits per heavy atom. The van der Waals surface area contributed by atoms with Crippen molar-refractivity contribution in [1.82, 2.24) is 20.2 Å². The van der Waals surface area contributed by atoms with Gasteiger partial charge in [-0.15, -0.1) is 0 Å². The Kier molecular flexibility index (Phi) is 5.41. The molecule has 5 rings (SSSR count). The van der Waals surface area contributed by atoms with Crippen LogP contribution in [0.15, 0.2) is 24.4 Å². The molecule has 2 N–H and O–H groups in total. The summed E-state index contributed by atoms with van der Waals surface area (Å²) in [6, 6.07) is 5.87. The average molecular weight is 468 g/mol. The van der Waals surface area contributed by atoms with E-state index in [1.54, 1.807) is 19.0 Å². The van der Waals surface area contributed by atoms with Gasteiger partial charge in [0, 0.05) is 55.3 Å². The number of hydrogen-bond acceptors (Lipinski definition) is 6. The summed E-state index contributed by atoms with van der Waals surface area (Å²) in [5.74, 6) is -0.0502. The van der Waals surface area contributed by atoms with Crippen molar-refractivity contribution >= 4 is 39.2 Å². The van der Waals surface area contributed by atoms with Crippen molar-refractivity contribution < 1.29 is 14.3 Å². The van der Waals surface area contributed by atoms with Gasteiger partial charge in [0.15, 0.2) is 5.13 Å². The molecule has 174 valence electrons. The molecule has 2 amide bonds. The summed E-state index contributed by atoms with van der Waals surface area (Å²) in [6.45, 7) is 6.00. The fourth-order valence-electron chi connectivity index (χ4n) is 4.65. The van der Waals surface area contributed by atoms with Crippen molar-refractivity contribution in [3.8, 4) is 0 Å². The van der Waals surface area contributed by atoms with E-state index in [2.05, 4.69) is 15.2 Å². The van der Waals surface area contributed by atoms with E-state index in [1.165, 1.54) is 11.3 Å². The molecule has 1 atom stereocenters. The number of nitrogens with one attached hydrogen (secondary N) is 2. The second kappa shape index (κ2) is 8.14. The van der Waals surface area contributed by atoms with Gasteiger partial charge in [0.1, 0.15) is 4.88 Å². The minimum atomic E-state index is -0.286. The van der Waals surface area contributed by atoms with Crippen LogP contribution in [0.2, 0.25) is 0 Å². The molecule has 2 aliphatic rings. The normalized spacial score (nSPS) is 19.9. The molecule has 1 saturated heterocycles. The Morgan fingerprint density at radius 1 is 1.36 bits per heavy atom. The lowest BCUT2D eigenvalue weighted by Crippen LogP contribution is -2.48. The maximum atomic E-state index is 12.6. The average Bonchev–Trinajstić information content (AvgIpc) is 3.37. The van der Waals surface area contributed by atoms with Crippen LogP contribution in [0.4, 0.5) is 5.13 Å². The number of fused-ring (bicyclic) bond motifs is 2. The molecule has 9 heteroatoms. The Labute approximate surface area is 196 Å². The Hall–Kier alpha value is -2.91. The molecule has 0 saturated carbocycles. The van der Waals surface area contributed by atoms with Gasteiger partial charge in [0.05, 0.1) is 24.9 Å². The lowest BCUT2D eigenvalue weighted by atomic mass is 9.94. The summed E-state index contributed by atoms with van der Waals surface area (Å²) in [5, 5.41) is 5.00. The first kappa shape index (κ1) is 21.9. The van der Waals surface area contributed by atoms with E-state index in [0.29, 0.717) is 23.7 Å². The number of rotatable bonds is 4. The number of nitrogens with zero attached hydrogens (tertiary/aromatic N) is 3. The molecule has 3 aromatic rings. The largest absolute Gasteiger partial charge is 0.377 e. The van der Waals surface area contributed by atoms with Gasteiger partial charge in [0.2, 0.25) is 0 Å². The summed E-state index contributed by atoms with van der Waals surface area (Å²) in [5.41, 5.74) is 3.41. The van der Waals surface area contributed by atoms with Crippen molar-refractivity contribution in [2.75, 3.05) is 38.8 Å². The minimum absolute atomic E-state index is 0.0127. The van der Waals surface area contributed by atoms with Crippen molar-refractivity contribution in [3.05, 3.63) is 46.1 Å². The van der Waals surface area contributed by atoms with Gasteiger partial charge in [-0.3, -0.25) is 9.59 Å². The molecular formula is C24H29N5O3S. The summed E-state index contributed by atoms with van der Waals surface area (Å²) in [7, 11) is 3.52. The van der Waals surface area contributed by atoms with Gasteiger partial charge < -0.3 is 24.8 Å². The van der Waals surface area contributed by atoms with E-state index >= 15 is 0 Å². The first-order valence-electron chi connectivity index (χ1n) is 11.2. The Balaban J connectivity index is 1.44. The molecule has 1 fully saturated rings. The molecule has 0 radical (unpaired) electrons. The highest BCUT2D eigenvalue weighted by Gasteiger charge is 2.35. The first-order valence-corrected chi connectivity index (χ1v) is 12.0. The van der Waals surface area contributed by atoms with Gasteiger partial charge in [-0.25, -0.2) is 4.98 Å². The second-order valence-electron chi connectivity index (χ2n) is 9.69. The predicted octanol–water partition coefficient (Wildman–Crippen LogP) is 2.84. The van der Waals surface area contributed by atoms with Crippen LogP contribution in [-0.2, 0) is 17.6 Å². The zero-order valence-corrected chi connectivity index (χ0v) is 20.2. The Morgan fingerprint density at radius 2 is 2.18 bits per heavy atom. The molecule has 2 aromatic heterocycles. The quantitative estimate of drug-likeness (QED) is 0.616. The van der Waals surface area contributed by atoms with Crippen LogP contribution in [0.1, 0.15) is 45.1 Å². The summed E-state index contributed by atoms with van der Waals surface area (Å²) >= 11 is 1.47. The number of carbonyl (C=O) groups is 2. The van der Waals surface area contributed by atoms with Crippen LogP contribution in [0, 0.1) is 0 Å². The number of aromatic amines is 1. The molecule has 0 aliphatic carbocycles. The molecule has 8 nitrogen and oxygen atoms in total. The highest BCUT2D eigenvalue weighted by molar-refractivity contribution is 7.17. The van der Waals surface area contributed by atoms with E-state index in [-0.39, 0.29) is 23.4 Å². The van der Waals surface area contributed by atoms with Crippen molar-refractivity contribution in [1.29, 1.82) is 0 Å². The third kappa shape index (κ3) is 4.11. The third-order valence-electron chi connectivity index (χ3n) is 6.30. The lowest BCUT2D eigenvalue weighted by Gasteiger charge is -2.35. The van der Waals surface area contributed by atoms with Crippen molar-refractivity contribution in [2.24, 2.45) is 0 Å². The zero-order valence-electron chi connectivity index (χ0n) is 19.4. The Bertz CT molecular complexity index is 1230. The second-order valence-corrected chi connectivity index (χ2v) is 10.7. The summed E-state index contributed by atoms with van der Waals surface area (Å²) in [4.78, 5) is 37.9. The molecule has 0 spiro atoms. The summed E-state index contributed by atoms with van der Waals surface area (Å²) < 4.78 is 5.83. The fraction of sp³-hybridized carbons (Fsp3) is 0.458. The molecule has 33 heavy (non-hydrogen) atoms. The van der Waals surface area contributed by atoms with Crippen LogP contribution >= 0.6 is 11.3 Å². The SMILES string of the molecule is CN(C)C(=O)c1ccc2[nH]cc(C[C@H]3COCCN3c3nc4c(s3)C(=O)NC(C)(C)C4)c2c1. The smallest absolute Gasteiger partial charge is 0.263 e. The molecule has 1 aromatic carbocycles. The van der Waals surface area contributed by atoms with Gasteiger partial charge in [-0.05, 0) is 44.0 Å². The van der Waals surface area contributed by atoms with E-state index in [9.17, 15) is 9.59 Å². The standard InChI is InChI=1S/C24H29N5O3S/c1-24(2)11-19-20(21(30)27-24)33-23(26-19)29-7-8-32-13-16(29)9-15-12-25-18-6-5-14(10-17(15)18)22(31)28(3)4/h5-6,10,12,16,25H,7-9,11,13H2,1-4H3,(H,27,30)/t16-/m0/s1. The molecule has 4 heterocycles. The topological polar surface area (TPSA) is 90.6 Å². The minimum Gasteiger partial charge on any atom is -0.377 e. The molecule has 0 bridgehead atoms. The van der Waals surface area contributed by atoms with E-state index in [4.69, 9.17) is 9.72 Å². The number of carbonyl (C=O) groups excluding carboxylic acids is 2. The number of H-pyrrole nitrogens is 1. The number of amides is 2. The van der Waals surface area contributed by atoms with Gasteiger partial charge in [-0.1, -0.05) is 11.3 Å². The van der Waals surface area contributed by atoms with Gasteiger partial charge >= 0.3 is 0 Å². The van der Waals surface area contributed by atoms with Crippen LogP contribution in [-0.4, -0.2) is 72.1 Å². The van der Waals surface area contributed by atoms with Crippen LogP contribution in [0.5, 0.6) is 0 Å². The summed E-state index contributed by atoms with van der Waals surface area (Å²) in [6.07, 6.45) is 3.50. The van der Waals surface area contributed by atoms with E-state index in [1.807, 2.05) is 38.2 Å². The lowest BCUT2D eigenvalue weighted by molar-refractivity contribution is 0.0827. The zero-order chi connectivity index (χ0) is 23.3. The van der Waals surface area contributed by atoms with Gasteiger partial charge in [-0.2, -0.15) is 0 Å². The number of morpholine rings is 1. The maximum absolute atomic E-state index is 12.6. The van der Waals surface area contributed by atoms with E-state index < -0.39 is 0 Å². The van der Waals surface area contributed by atoms with Crippen molar-refractivity contribution in [3.63, 3.8) is 0 Å². The number of ether oxygens (including phenoxy) is 1. The van der Waals surface area contributed by atoms with E-state index in [0.717, 1.165) is 46.7 Å². The van der Waals surface area contributed by atoms with Gasteiger partial charge in [0.25, 0.3) is 11.8 Å². The van der Waals surface area contributed by atoms with Crippen LogP contribution < -0.4 is 10.2 Å². The predicted molar refractivity (Wildman–Crippen MR) is 129 cm³/mol. The fourth-order valence-corrected chi connectivity index (χ4v) is 5.73. The van der Waals surface area contributed by atoms with Crippen molar-refractivity contribution in [2.45, 2.75) is 38.3 Å². The van der Waals surface area contributed by atoms with Crippen LogP contribution in [0.25, 0.3) is 10.9 Å². The maximum Gasteiger partial charge on any atom is 0.263 e. The number of aromatic nitrogens is 2. The first-order chi connectivity index (χ1) is 15.7.